The van der Waals surface area contributed by atoms with Crippen molar-refractivity contribution < 1.29 is 23.9 Å². The minimum absolute atomic E-state index is 0.132. The van der Waals surface area contributed by atoms with Crippen LogP contribution in [0.2, 0.25) is 0 Å². The second-order valence-electron chi connectivity index (χ2n) is 8.48. The molecule has 0 saturated carbocycles. The molecule has 0 heterocycles. The van der Waals surface area contributed by atoms with Crippen LogP contribution in [0.1, 0.15) is 53.0 Å². The molecule has 9 nitrogen and oxygen atoms in total. The number of benzene rings is 1. The normalized spacial score (nSPS) is 12.7. The van der Waals surface area contributed by atoms with E-state index in [1.165, 1.54) is 0 Å². The lowest BCUT2D eigenvalue weighted by Crippen LogP contribution is -2.46. The molecule has 0 aliphatic rings. The van der Waals surface area contributed by atoms with E-state index in [0.29, 0.717) is 25.1 Å². The van der Waals surface area contributed by atoms with E-state index in [2.05, 4.69) is 16.0 Å². The van der Waals surface area contributed by atoms with Crippen LogP contribution in [0.15, 0.2) is 24.3 Å². The first-order chi connectivity index (χ1) is 15.0. The molecule has 0 saturated heterocycles. The number of urea groups is 1. The Kier molecular flexibility index (Phi) is 11.2. The highest BCUT2D eigenvalue weighted by atomic mass is 16.5. The predicted octanol–water partition coefficient (Wildman–Crippen LogP) is 2.55. The SMILES string of the molecule is CC(C)C(=O)OCc1ccc(NC(=O)[C@H](CCCNC(N)=O)NC(=O)[C@@H](C)C(C)C)cc1. The average molecular weight is 449 g/mol. The van der Waals surface area contributed by atoms with Crippen LogP contribution in [-0.4, -0.2) is 36.4 Å². The van der Waals surface area contributed by atoms with Gasteiger partial charge in [-0.15, -0.1) is 0 Å². The molecule has 4 amide bonds. The predicted molar refractivity (Wildman–Crippen MR) is 122 cm³/mol. The van der Waals surface area contributed by atoms with Gasteiger partial charge in [0.15, 0.2) is 0 Å². The van der Waals surface area contributed by atoms with Gasteiger partial charge in [0.25, 0.3) is 0 Å². The third-order valence-corrected chi connectivity index (χ3v) is 5.09. The molecule has 0 fully saturated rings. The largest absolute Gasteiger partial charge is 0.461 e. The lowest BCUT2D eigenvalue weighted by Gasteiger charge is -2.22. The molecule has 5 N–H and O–H groups in total. The summed E-state index contributed by atoms with van der Waals surface area (Å²) >= 11 is 0. The molecule has 1 rings (SSSR count). The molecule has 0 aliphatic carbocycles. The van der Waals surface area contributed by atoms with E-state index >= 15 is 0 Å². The summed E-state index contributed by atoms with van der Waals surface area (Å²) in [5.41, 5.74) is 6.42. The van der Waals surface area contributed by atoms with Gasteiger partial charge in [0, 0.05) is 18.2 Å². The summed E-state index contributed by atoms with van der Waals surface area (Å²) in [7, 11) is 0. The molecule has 0 aromatic heterocycles. The Morgan fingerprint density at radius 1 is 0.969 bits per heavy atom. The number of rotatable bonds is 12. The Hall–Kier alpha value is -3.10. The second-order valence-corrected chi connectivity index (χ2v) is 8.48. The van der Waals surface area contributed by atoms with Gasteiger partial charge in [-0.3, -0.25) is 14.4 Å². The Labute approximate surface area is 189 Å². The zero-order valence-electron chi connectivity index (χ0n) is 19.6. The van der Waals surface area contributed by atoms with E-state index in [4.69, 9.17) is 10.5 Å². The molecular formula is C23H36N4O5. The van der Waals surface area contributed by atoms with Crippen molar-refractivity contribution in [3.63, 3.8) is 0 Å². The number of carbonyl (C=O) groups excluding carboxylic acids is 4. The molecule has 1 aromatic rings. The minimum Gasteiger partial charge on any atom is -0.461 e. The zero-order valence-corrected chi connectivity index (χ0v) is 19.6. The monoisotopic (exact) mass is 448 g/mol. The number of carbonyl (C=O) groups is 4. The maximum atomic E-state index is 12.8. The third kappa shape index (κ3) is 9.80. The average Bonchev–Trinajstić information content (AvgIpc) is 2.73. The highest BCUT2D eigenvalue weighted by Gasteiger charge is 2.24. The van der Waals surface area contributed by atoms with E-state index in [1.54, 1.807) is 38.1 Å². The van der Waals surface area contributed by atoms with Gasteiger partial charge in [-0.2, -0.15) is 0 Å². The topological polar surface area (TPSA) is 140 Å². The van der Waals surface area contributed by atoms with Crippen LogP contribution in [0.3, 0.4) is 0 Å². The summed E-state index contributed by atoms with van der Waals surface area (Å²) < 4.78 is 5.19. The van der Waals surface area contributed by atoms with E-state index in [0.717, 1.165) is 5.56 Å². The van der Waals surface area contributed by atoms with Crippen LogP contribution in [0, 0.1) is 17.8 Å². The Morgan fingerprint density at radius 2 is 1.59 bits per heavy atom. The molecule has 1 aromatic carbocycles. The fourth-order valence-corrected chi connectivity index (χ4v) is 2.63. The second kappa shape index (κ2) is 13.3. The zero-order chi connectivity index (χ0) is 24.3. The van der Waals surface area contributed by atoms with Crippen LogP contribution in [0.25, 0.3) is 0 Å². The Morgan fingerprint density at radius 3 is 2.12 bits per heavy atom. The number of primary amides is 1. The van der Waals surface area contributed by atoms with Crippen molar-refractivity contribution in [3.8, 4) is 0 Å². The van der Waals surface area contributed by atoms with Gasteiger partial charge in [0.2, 0.25) is 11.8 Å². The standard InChI is InChI=1S/C23H36N4O5/c1-14(2)16(5)20(28)27-19(7-6-12-25-23(24)31)21(29)26-18-10-8-17(9-11-18)13-32-22(30)15(3)4/h8-11,14-16,19H,6-7,12-13H2,1-5H3,(H,26,29)(H,27,28)(H3,24,25,31)/t16-,19-/m0/s1. The molecule has 9 heteroatoms. The smallest absolute Gasteiger partial charge is 0.312 e. The minimum atomic E-state index is -0.759. The lowest BCUT2D eigenvalue weighted by molar-refractivity contribution is -0.148. The van der Waals surface area contributed by atoms with Crippen molar-refractivity contribution in [2.75, 3.05) is 11.9 Å². The summed E-state index contributed by atoms with van der Waals surface area (Å²) in [4.78, 5) is 47.7. The highest BCUT2D eigenvalue weighted by molar-refractivity contribution is 5.97. The van der Waals surface area contributed by atoms with E-state index in [1.807, 2.05) is 20.8 Å². The molecular weight excluding hydrogens is 412 g/mol. The van der Waals surface area contributed by atoms with Gasteiger partial charge < -0.3 is 26.4 Å². The molecule has 0 radical (unpaired) electrons. The third-order valence-electron chi connectivity index (χ3n) is 5.09. The fourth-order valence-electron chi connectivity index (χ4n) is 2.63. The van der Waals surface area contributed by atoms with Gasteiger partial charge in [-0.1, -0.05) is 46.8 Å². The molecule has 0 aliphatic heterocycles. The summed E-state index contributed by atoms with van der Waals surface area (Å²) in [6.45, 7) is 9.69. The number of hydrogen-bond donors (Lipinski definition) is 4. The summed E-state index contributed by atoms with van der Waals surface area (Å²) in [5, 5.41) is 8.09. The molecule has 0 spiro atoms. The number of nitrogens with two attached hydrogens (primary N) is 1. The first kappa shape index (κ1) is 26.9. The number of anilines is 1. The van der Waals surface area contributed by atoms with E-state index in [9.17, 15) is 19.2 Å². The van der Waals surface area contributed by atoms with Crippen molar-refractivity contribution in [1.29, 1.82) is 0 Å². The van der Waals surface area contributed by atoms with Crippen LogP contribution in [0.4, 0.5) is 10.5 Å². The number of nitrogens with one attached hydrogen (secondary N) is 3. The van der Waals surface area contributed by atoms with E-state index in [-0.39, 0.29) is 42.1 Å². The lowest BCUT2D eigenvalue weighted by atomic mass is 9.96. The Bertz CT molecular complexity index is 777. The Balaban J connectivity index is 2.75. The fraction of sp³-hybridized carbons (Fsp3) is 0.565. The van der Waals surface area contributed by atoms with Gasteiger partial charge in [0.05, 0.1) is 5.92 Å². The van der Waals surface area contributed by atoms with Crippen molar-refractivity contribution in [1.82, 2.24) is 10.6 Å². The van der Waals surface area contributed by atoms with Crippen LogP contribution < -0.4 is 21.7 Å². The highest BCUT2D eigenvalue weighted by Crippen LogP contribution is 2.14. The van der Waals surface area contributed by atoms with Crippen LogP contribution in [0.5, 0.6) is 0 Å². The van der Waals surface area contributed by atoms with Crippen molar-refractivity contribution in [2.45, 2.75) is 60.1 Å². The van der Waals surface area contributed by atoms with E-state index < -0.39 is 12.1 Å². The summed E-state index contributed by atoms with van der Waals surface area (Å²) in [6, 6.07) is 5.54. The van der Waals surface area contributed by atoms with Crippen LogP contribution >= 0.6 is 0 Å². The maximum Gasteiger partial charge on any atom is 0.312 e. The summed E-state index contributed by atoms with van der Waals surface area (Å²) in [5.74, 6) is -1.15. The number of amides is 4. The van der Waals surface area contributed by atoms with Crippen molar-refractivity contribution >= 4 is 29.5 Å². The molecule has 0 unspecified atom stereocenters. The molecule has 178 valence electrons. The van der Waals surface area contributed by atoms with Gasteiger partial charge in [0.1, 0.15) is 12.6 Å². The number of hydrogen-bond acceptors (Lipinski definition) is 5. The van der Waals surface area contributed by atoms with Crippen molar-refractivity contribution in [2.24, 2.45) is 23.5 Å². The molecule has 2 atom stereocenters. The van der Waals surface area contributed by atoms with Gasteiger partial charge in [-0.05, 0) is 36.5 Å². The number of ether oxygens (including phenoxy) is 1. The van der Waals surface area contributed by atoms with Gasteiger partial charge in [-0.25, -0.2) is 4.79 Å². The quantitative estimate of drug-likeness (QED) is 0.287. The maximum absolute atomic E-state index is 12.8. The first-order valence-corrected chi connectivity index (χ1v) is 10.9. The number of esters is 1. The first-order valence-electron chi connectivity index (χ1n) is 10.9. The van der Waals surface area contributed by atoms with Crippen molar-refractivity contribution in [3.05, 3.63) is 29.8 Å². The molecule has 0 bridgehead atoms. The molecule has 32 heavy (non-hydrogen) atoms. The summed E-state index contributed by atoms with van der Waals surface area (Å²) in [6.07, 6.45) is 0.809. The van der Waals surface area contributed by atoms with Gasteiger partial charge >= 0.3 is 12.0 Å². The van der Waals surface area contributed by atoms with Crippen LogP contribution in [-0.2, 0) is 25.7 Å².